The van der Waals surface area contributed by atoms with Gasteiger partial charge in [-0.1, -0.05) is 15.9 Å². The van der Waals surface area contributed by atoms with E-state index < -0.39 is 9.05 Å². The molecule has 0 spiro atoms. The Labute approximate surface area is 109 Å². The lowest BCUT2D eigenvalue weighted by molar-refractivity contribution is 0.609. The van der Waals surface area contributed by atoms with Crippen molar-refractivity contribution in [1.82, 2.24) is 0 Å². The van der Waals surface area contributed by atoms with Crippen molar-refractivity contribution in [3.8, 4) is 6.07 Å². The molecule has 3 nitrogen and oxygen atoms in total. The lowest BCUT2D eigenvalue weighted by Crippen LogP contribution is -1.96. The summed E-state index contributed by atoms with van der Waals surface area (Å²) in [6.07, 6.45) is 0. The zero-order valence-corrected chi connectivity index (χ0v) is 11.9. The van der Waals surface area contributed by atoms with Gasteiger partial charge in [-0.05, 0) is 33.6 Å². The van der Waals surface area contributed by atoms with Crippen LogP contribution in [0.5, 0.6) is 0 Å². The van der Waals surface area contributed by atoms with Gasteiger partial charge < -0.3 is 0 Å². The van der Waals surface area contributed by atoms with Crippen LogP contribution in [0.3, 0.4) is 0 Å². The fourth-order valence-corrected chi connectivity index (χ4v) is 3.53. The maximum absolute atomic E-state index is 11.2. The third-order valence-electron chi connectivity index (χ3n) is 1.64. The molecule has 80 valence electrons. The van der Waals surface area contributed by atoms with E-state index in [9.17, 15) is 8.42 Å². The summed E-state index contributed by atoms with van der Waals surface area (Å²) in [4.78, 5) is -0.0855. The van der Waals surface area contributed by atoms with E-state index in [-0.39, 0.29) is 14.9 Å². The van der Waals surface area contributed by atoms with Crippen LogP contribution >= 0.6 is 42.5 Å². The highest BCUT2D eigenvalue weighted by Crippen LogP contribution is 2.30. The van der Waals surface area contributed by atoms with E-state index in [1.165, 1.54) is 6.07 Å². The first-order valence-electron chi connectivity index (χ1n) is 3.63. The second kappa shape index (κ2) is 4.83. The lowest BCUT2D eigenvalue weighted by atomic mass is 10.1. The van der Waals surface area contributed by atoms with Crippen molar-refractivity contribution in [2.24, 2.45) is 0 Å². The van der Waals surface area contributed by atoms with Crippen LogP contribution in [-0.4, -0.2) is 8.42 Å². The van der Waals surface area contributed by atoms with Crippen molar-refractivity contribution in [1.29, 1.82) is 5.26 Å². The van der Waals surface area contributed by atoms with Crippen LogP contribution < -0.4 is 0 Å². The van der Waals surface area contributed by atoms with Gasteiger partial charge in [0.25, 0.3) is 9.05 Å². The van der Waals surface area contributed by atoms with Crippen molar-refractivity contribution in [2.75, 3.05) is 0 Å². The van der Waals surface area contributed by atoms with Crippen LogP contribution in [-0.2, 0) is 14.4 Å². The van der Waals surface area contributed by atoms with Crippen molar-refractivity contribution in [2.45, 2.75) is 10.2 Å². The molecule has 0 bridgehead atoms. The smallest absolute Gasteiger partial charge is 0.207 e. The molecule has 0 unspecified atom stereocenters. The quantitative estimate of drug-likeness (QED) is 0.591. The first-order chi connectivity index (χ1) is 6.90. The molecule has 0 saturated carbocycles. The van der Waals surface area contributed by atoms with Crippen LogP contribution in [0.4, 0.5) is 0 Å². The molecule has 1 aromatic carbocycles. The van der Waals surface area contributed by atoms with Crippen LogP contribution in [0.25, 0.3) is 0 Å². The summed E-state index contributed by atoms with van der Waals surface area (Å²) in [5.41, 5.74) is 0.917. The second-order valence-corrected chi connectivity index (χ2v) is 6.53. The van der Waals surface area contributed by atoms with E-state index >= 15 is 0 Å². The molecule has 0 aromatic heterocycles. The minimum absolute atomic E-state index is 0.0855. The molecule has 0 N–H and O–H groups in total. The molecule has 0 aliphatic carbocycles. The van der Waals surface area contributed by atoms with Gasteiger partial charge in [-0.3, -0.25) is 0 Å². The summed E-state index contributed by atoms with van der Waals surface area (Å²) in [6.45, 7) is 0. The first kappa shape index (κ1) is 13.0. The minimum atomic E-state index is -3.85. The molecule has 0 saturated heterocycles. The topological polar surface area (TPSA) is 57.9 Å². The molecule has 0 atom stereocenters. The average Bonchev–Trinajstić information content (AvgIpc) is 2.16. The third kappa shape index (κ3) is 2.94. The lowest BCUT2D eigenvalue weighted by Gasteiger charge is -2.05. The van der Waals surface area contributed by atoms with E-state index in [1.807, 2.05) is 6.07 Å². The van der Waals surface area contributed by atoms with Gasteiger partial charge in [0.05, 0.1) is 14.9 Å². The van der Waals surface area contributed by atoms with Crippen LogP contribution in [0.15, 0.2) is 21.5 Å². The normalized spacial score (nSPS) is 11.1. The number of hydrogen-bond acceptors (Lipinski definition) is 3. The van der Waals surface area contributed by atoms with Crippen molar-refractivity contribution in [3.05, 3.63) is 27.7 Å². The SMILES string of the molecule is N#Cc1cc(CBr)cc(S(=O)(=O)Cl)c1Br. The fraction of sp³-hybridized carbons (Fsp3) is 0.125. The monoisotopic (exact) mass is 371 g/mol. The number of rotatable bonds is 2. The molecular formula is C8H4Br2ClNO2S. The summed E-state index contributed by atoms with van der Waals surface area (Å²) in [5, 5.41) is 9.25. The Morgan fingerprint density at radius 1 is 1.47 bits per heavy atom. The maximum atomic E-state index is 11.2. The zero-order valence-electron chi connectivity index (χ0n) is 7.17. The van der Waals surface area contributed by atoms with E-state index in [2.05, 4.69) is 31.9 Å². The predicted octanol–water partition coefficient (Wildman–Crippen LogP) is 3.14. The van der Waals surface area contributed by atoms with Gasteiger partial charge in [0.1, 0.15) is 6.07 Å². The van der Waals surface area contributed by atoms with E-state index in [1.54, 1.807) is 6.07 Å². The minimum Gasteiger partial charge on any atom is -0.207 e. The number of halogens is 3. The standard InChI is InChI=1S/C8H4Br2ClNO2S/c9-3-5-1-6(4-12)8(10)7(2-5)15(11,13)14/h1-2H,3H2. The Bertz CT molecular complexity index is 536. The highest BCUT2D eigenvalue weighted by atomic mass is 79.9. The summed E-state index contributed by atoms with van der Waals surface area (Å²) < 4.78 is 22.6. The zero-order chi connectivity index (χ0) is 11.6. The second-order valence-electron chi connectivity index (χ2n) is 2.64. The van der Waals surface area contributed by atoms with Gasteiger partial charge in [-0.25, -0.2) is 8.42 Å². The Morgan fingerprint density at radius 3 is 2.47 bits per heavy atom. The predicted molar refractivity (Wildman–Crippen MR) is 64.5 cm³/mol. The van der Waals surface area contributed by atoms with E-state index in [0.29, 0.717) is 10.9 Å². The van der Waals surface area contributed by atoms with Gasteiger partial charge in [-0.15, -0.1) is 0 Å². The average molecular weight is 373 g/mol. The third-order valence-corrected chi connectivity index (χ3v) is 4.75. The molecule has 0 radical (unpaired) electrons. The van der Waals surface area contributed by atoms with Gasteiger partial charge in [0.2, 0.25) is 0 Å². The molecule has 0 amide bonds. The summed E-state index contributed by atoms with van der Waals surface area (Å²) >= 11 is 6.22. The number of nitrogens with zero attached hydrogens (tertiary/aromatic N) is 1. The van der Waals surface area contributed by atoms with Gasteiger partial charge >= 0.3 is 0 Å². The number of nitriles is 1. The van der Waals surface area contributed by atoms with Crippen LogP contribution in [0, 0.1) is 11.3 Å². The van der Waals surface area contributed by atoms with Gasteiger partial charge in [0.15, 0.2) is 0 Å². The maximum Gasteiger partial charge on any atom is 0.262 e. The van der Waals surface area contributed by atoms with E-state index in [4.69, 9.17) is 15.9 Å². The van der Waals surface area contributed by atoms with Crippen molar-refractivity contribution < 1.29 is 8.42 Å². The highest BCUT2D eigenvalue weighted by molar-refractivity contribution is 9.10. The van der Waals surface area contributed by atoms with Crippen LogP contribution in [0.1, 0.15) is 11.1 Å². The Kier molecular flexibility index (Phi) is 4.18. The molecule has 0 aliphatic heterocycles. The number of alkyl halides is 1. The molecule has 1 aromatic rings. The molecule has 0 heterocycles. The largest absolute Gasteiger partial charge is 0.262 e. The number of benzene rings is 1. The molecule has 1 rings (SSSR count). The Morgan fingerprint density at radius 2 is 2.07 bits per heavy atom. The number of hydrogen-bond donors (Lipinski definition) is 0. The van der Waals surface area contributed by atoms with Crippen molar-refractivity contribution >= 4 is 51.6 Å². The highest BCUT2D eigenvalue weighted by Gasteiger charge is 2.18. The van der Waals surface area contributed by atoms with E-state index in [0.717, 1.165) is 0 Å². The van der Waals surface area contributed by atoms with Crippen molar-refractivity contribution in [3.63, 3.8) is 0 Å². The summed E-state index contributed by atoms with van der Waals surface area (Å²) in [5.74, 6) is 0. The molecule has 0 fully saturated rings. The summed E-state index contributed by atoms with van der Waals surface area (Å²) in [6, 6.07) is 4.90. The molecule has 7 heteroatoms. The summed E-state index contributed by atoms with van der Waals surface area (Å²) in [7, 11) is 1.39. The Hall–Kier alpha value is -0.0900. The fourth-order valence-electron chi connectivity index (χ4n) is 0.991. The first-order valence-corrected chi connectivity index (χ1v) is 7.85. The van der Waals surface area contributed by atoms with Gasteiger partial charge in [0, 0.05) is 16.0 Å². The molecular weight excluding hydrogens is 369 g/mol. The van der Waals surface area contributed by atoms with Gasteiger partial charge in [-0.2, -0.15) is 5.26 Å². The molecule has 0 aliphatic rings. The molecule has 15 heavy (non-hydrogen) atoms. The van der Waals surface area contributed by atoms with Crippen LogP contribution in [0.2, 0.25) is 0 Å². The Balaban J connectivity index is 3.61.